The van der Waals surface area contributed by atoms with Crippen LogP contribution >= 0.6 is 11.6 Å². The third-order valence-electron chi connectivity index (χ3n) is 5.38. The molecular formula is C24H15ClN2. The zero-order valence-electron chi connectivity index (χ0n) is 14.4. The van der Waals surface area contributed by atoms with Crippen LogP contribution in [0, 0.1) is 0 Å². The predicted molar refractivity (Wildman–Crippen MR) is 115 cm³/mol. The highest BCUT2D eigenvalue weighted by Gasteiger charge is 2.16. The average molecular weight is 367 g/mol. The fraction of sp³-hybridized carbons (Fsp3) is 0. The lowest BCUT2D eigenvalue weighted by molar-refractivity contribution is 1.18. The quantitative estimate of drug-likeness (QED) is 0.321. The summed E-state index contributed by atoms with van der Waals surface area (Å²) in [6.45, 7) is 0. The van der Waals surface area contributed by atoms with Gasteiger partial charge in [0, 0.05) is 37.8 Å². The van der Waals surface area contributed by atoms with Gasteiger partial charge in [0.05, 0.1) is 16.6 Å². The number of aromatic nitrogens is 2. The summed E-state index contributed by atoms with van der Waals surface area (Å²) in [5, 5.41) is 5.63. The third kappa shape index (κ3) is 2.02. The SMILES string of the molecule is Clc1ccc2[nH]c3c(ccc4c3c3ccccc3n4-c3ccccc3)c2c1. The summed E-state index contributed by atoms with van der Waals surface area (Å²) in [5.74, 6) is 0. The molecule has 0 radical (unpaired) electrons. The highest BCUT2D eigenvalue weighted by atomic mass is 35.5. The van der Waals surface area contributed by atoms with Crippen molar-refractivity contribution in [3.05, 3.63) is 90.0 Å². The number of halogens is 1. The van der Waals surface area contributed by atoms with E-state index in [-0.39, 0.29) is 0 Å². The van der Waals surface area contributed by atoms with Gasteiger partial charge >= 0.3 is 0 Å². The predicted octanol–water partition coefficient (Wildman–Crippen LogP) is 7.07. The molecule has 2 nitrogen and oxygen atoms in total. The van der Waals surface area contributed by atoms with E-state index in [1.807, 2.05) is 12.1 Å². The van der Waals surface area contributed by atoms with Crippen molar-refractivity contribution in [1.82, 2.24) is 9.55 Å². The van der Waals surface area contributed by atoms with Crippen LogP contribution in [0.4, 0.5) is 0 Å². The van der Waals surface area contributed by atoms with Gasteiger partial charge in [0.2, 0.25) is 0 Å². The Morgan fingerprint density at radius 1 is 0.667 bits per heavy atom. The van der Waals surface area contributed by atoms with E-state index in [0.29, 0.717) is 0 Å². The first-order valence-electron chi connectivity index (χ1n) is 9.00. The summed E-state index contributed by atoms with van der Waals surface area (Å²) < 4.78 is 2.34. The molecule has 2 heterocycles. The molecular weight excluding hydrogens is 352 g/mol. The molecule has 1 N–H and O–H groups in total. The van der Waals surface area contributed by atoms with E-state index in [1.165, 1.54) is 32.9 Å². The summed E-state index contributed by atoms with van der Waals surface area (Å²) in [7, 11) is 0. The Hall–Kier alpha value is -3.23. The summed E-state index contributed by atoms with van der Waals surface area (Å²) in [6, 6.07) is 29.6. The van der Waals surface area contributed by atoms with Gasteiger partial charge in [-0.2, -0.15) is 0 Å². The summed E-state index contributed by atoms with van der Waals surface area (Å²) in [6.07, 6.45) is 0. The van der Waals surface area contributed by atoms with Crippen molar-refractivity contribution in [3.8, 4) is 5.69 Å². The van der Waals surface area contributed by atoms with Crippen molar-refractivity contribution in [1.29, 1.82) is 0 Å². The number of para-hydroxylation sites is 2. The molecule has 6 rings (SSSR count). The first kappa shape index (κ1) is 14.9. The van der Waals surface area contributed by atoms with E-state index < -0.39 is 0 Å². The lowest BCUT2D eigenvalue weighted by atomic mass is 10.1. The van der Waals surface area contributed by atoms with Crippen molar-refractivity contribution in [3.63, 3.8) is 0 Å². The number of benzene rings is 4. The standard InChI is InChI=1S/C24H15ClN2/c25-15-10-12-20-19(14-15)17-11-13-22-23(24(17)26-20)18-8-4-5-9-21(18)27(22)16-6-2-1-3-7-16/h1-14,26H. The fourth-order valence-electron chi connectivity index (χ4n) is 4.25. The molecule has 3 heteroatoms. The molecule has 0 saturated carbocycles. The Kier molecular flexibility index (Phi) is 2.97. The van der Waals surface area contributed by atoms with Crippen LogP contribution in [0.15, 0.2) is 84.9 Å². The van der Waals surface area contributed by atoms with Gasteiger partial charge < -0.3 is 9.55 Å². The van der Waals surface area contributed by atoms with Crippen LogP contribution in [-0.2, 0) is 0 Å². The van der Waals surface area contributed by atoms with E-state index in [4.69, 9.17) is 11.6 Å². The normalized spacial score (nSPS) is 11.9. The summed E-state index contributed by atoms with van der Waals surface area (Å²) >= 11 is 6.26. The largest absolute Gasteiger partial charge is 0.354 e. The third-order valence-corrected chi connectivity index (χ3v) is 5.62. The van der Waals surface area contributed by atoms with E-state index in [0.717, 1.165) is 21.4 Å². The molecule has 0 aliphatic carbocycles. The minimum Gasteiger partial charge on any atom is -0.354 e. The van der Waals surface area contributed by atoms with E-state index in [2.05, 4.69) is 82.3 Å². The van der Waals surface area contributed by atoms with Gasteiger partial charge in [-0.3, -0.25) is 0 Å². The number of hydrogen-bond donors (Lipinski definition) is 1. The maximum atomic E-state index is 6.26. The number of H-pyrrole nitrogens is 1. The maximum absolute atomic E-state index is 6.26. The van der Waals surface area contributed by atoms with Gasteiger partial charge in [0.25, 0.3) is 0 Å². The molecule has 0 aliphatic heterocycles. The second kappa shape index (κ2) is 5.38. The molecule has 4 aromatic carbocycles. The van der Waals surface area contributed by atoms with Crippen LogP contribution in [0.1, 0.15) is 0 Å². The molecule has 0 amide bonds. The van der Waals surface area contributed by atoms with Crippen LogP contribution in [0.5, 0.6) is 0 Å². The van der Waals surface area contributed by atoms with Crippen LogP contribution in [-0.4, -0.2) is 9.55 Å². The smallest absolute Gasteiger partial charge is 0.0566 e. The monoisotopic (exact) mass is 366 g/mol. The van der Waals surface area contributed by atoms with Crippen molar-refractivity contribution in [2.75, 3.05) is 0 Å². The fourth-order valence-corrected chi connectivity index (χ4v) is 4.43. The van der Waals surface area contributed by atoms with Gasteiger partial charge in [-0.1, -0.05) is 54.1 Å². The number of nitrogens with zero attached hydrogens (tertiary/aromatic N) is 1. The van der Waals surface area contributed by atoms with Gasteiger partial charge in [0.15, 0.2) is 0 Å². The van der Waals surface area contributed by atoms with Gasteiger partial charge in [-0.15, -0.1) is 0 Å². The van der Waals surface area contributed by atoms with Crippen LogP contribution in [0.3, 0.4) is 0 Å². The van der Waals surface area contributed by atoms with Crippen molar-refractivity contribution in [2.45, 2.75) is 0 Å². The molecule has 0 atom stereocenters. The Labute approximate surface area is 160 Å². The molecule has 0 aliphatic rings. The number of fused-ring (bicyclic) bond motifs is 7. The van der Waals surface area contributed by atoms with Crippen LogP contribution in [0.25, 0.3) is 49.3 Å². The number of rotatable bonds is 1. The zero-order valence-corrected chi connectivity index (χ0v) is 15.2. The molecule has 0 bridgehead atoms. The minimum atomic E-state index is 0.759. The van der Waals surface area contributed by atoms with Crippen molar-refractivity contribution in [2.24, 2.45) is 0 Å². The Balaban J connectivity index is 1.87. The Bertz CT molecular complexity index is 1470. The first-order valence-corrected chi connectivity index (χ1v) is 9.37. The van der Waals surface area contributed by atoms with Crippen molar-refractivity contribution >= 4 is 55.2 Å². The van der Waals surface area contributed by atoms with Gasteiger partial charge in [-0.05, 0) is 42.5 Å². The molecule has 0 fully saturated rings. The van der Waals surface area contributed by atoms with Crippen LogP contribution < -0.4 is 0 Å². The number of nitrogens with one attached hydrogen (secondary N) is 1. The molecule has 128 valence electrons. The van der Waals surface area contributed by atoms with Crippen molar-refractivity contribution < 1.29 is 0 Å². The summed E-state index contributed by atoms with van der Waals surface area (Å²) in [4.78, 5) is 3.63. The highest BCUT2D eigenvalue weighted by Crippen LogP contribution is 2.39. The molecule has 6 aromatic rings. The molecule has 0 spiro atoms. The molecule has 2 aromatic heterocycles. The maximum Gasteiger partial charge on any atom is 0.0566 e. The second-order valence-electron chi connectivity index (χ2n) is 6.89. The van der Waals surface area contributed by atoms with Crippen LogP contribution in [0.2, 0.25) is 5.02 Å². The minimum absolute atomic E-state index is 0.759. The second-order valence-corrected chi connectivity index (χ2v) is 7.32. The average Bonchev–Trinajstić information content (AvgIpc) is 3.23. The summed E-state index contributed by atoms with van der Waals surface area (Å²) in [5.41, 5.74) is 5.85. The topological polar surface area (TPSA) is 20.7 Å². The lowest BCUT2D eigenvalue weighted by Gasteiger charge is -2.07. The van der Waals surface area contributed by atoms with E-state index in [1.54, 1.807) is 0 Å². The van der Waals surface area contributed by atoms with E-state index >= 15 is 0 Å². The van der Waals surface area contributed by atoms with E-state index in [9.17, 15) is 0 Å². The number of aromatic amines is 1. The molecule has 0 unspecified atom stereocenters. The molecule has 27 heavy (non-hydrogen) atoms. The molecule has 0 saturated heterocycles. The first-order chi connectivity index (χ1) is 13.3. The zero-order chi connectivity index (χ0) is 18.0. The lowest BCUT2D eigenvalue weighted by Crippen LogP contribution is -1.92. The highest BCUT2D eigenvalue weighted by molar-refractivity contribution is 6.32. The van der Waals surface area contributed by atoms with Gasteiger partial charge in [-0.25, -0.2) is 0 Å². The Morgan fingerprint density at radius 3 is 2.37 bits per heavy atom. The number of hydrogen-bond acceptors (Lipinski definition) is 0. The Morgan fingerprint density at radius 2 is 1.48 bits per heavy atom. The van der Waals surface area contributed by atoms with Gasteiger partial charge in [0.1, 0.15) is 0 Å².